The molecular weight excluding hydrogens is 250 g/mol. The molecule has 1 N–H and O–H groups in total. The molecule has 4 heterocycles. The Morgan fingerprint density at radius 1 is 1.30 bits per heavy atom. The van der Waals surface area contributed by atoms with E-state index in [1.807, 2.05) is 25.6 Å². The van der Waals surface area contributed by atoms with E-state index in [2.05, 4.69) is 24.8 Å². The lowest BCUT2D eigenvalue weighted by molar-refractivity contribution is 0.244. The van der Waals surface area contributed by atoms with E-state index in [-0.39, 0.29) is 0 Å². The fourth-order valence-electron chi connectivity index (χ4n) is 3.72. The molecule has 0 radical (unpaired) electrons. The van der Waals surface area contributed by atoms with Crippen molar-refractivity contribution in [1.82, 2.24) is 19.9 Å². The zero-order valence-electron chi connectivity index (χ0n) is 11.9. The van der Waals surface area contributed by atoms with Gasteiger partial charge in [-0.1, -0.05) is 0 Å². The van der Waals surface area contributed by atoms with Gasteiger partial charge in [0, 0.05) is 32.4 Å². The van der Waals surface area contributed by atoms with Crippen molar-refractivity contribution in [3.05, 3.63) is 18.6 Å². The van der Waals surface area contributed by atoms with Crippen LogP contribution in [-0.4, -0.2) is 40.2 Å². The van der Waals surface area contributed by atoms with Crippen LogP contribution in [0.5, 0.6) is 0 Å². The highest BCUT2D eigenvalue weighted by molar-refractivity contribution is 5.86. The number of piperidine rings is 2. The fraction of sp³-hybridized carbons (Fsp3) is 0.600. The molecule has 2 atom stereocenters. The molecule has 5 nitrogen and oxygen atoms in total. The first-order valence-corrected chi connectivity index (χ1v) is 7.57. The first-order valence-electron chi connectivity index (χ1n) is 7.57. The van der Waals surface area contributed by atoms with Crippen LogP contribution in [0.2, 0.25) is 0 Å². The molecule has 2 aromatic heterocycles. The lowest BCUT2D eigenvalue weighted by Gasteiger charge is -2.42. The number of rotatable bonds is 1. The fourth-order valence-corrected chi connectivity index (χ4v) is 3.72. The minimum Gasteiger partial charge on any atom is -0.354 e. The molecule has 2 aliphatic rings. The number of anilines is 1. The van der Waals surface area contributed by atoms with E-state index in [1.165, 1.54) is 31.3 Å². The lowest BCUT2D eigenvalue weighted by atomic mass is 9.85. The topological polar surface area (TPSA) is 46.0 Å². The molecule has 2 aliphatic heterocycles. The van der Waals surface area contributed by atoms with Gasteiger partial charge in [-0.3, -0.25) is 0 Å². The van der Waals surface area contributed by atoms with Crippen LogP contribution in [0.3, 0.4) is 0 Å². The average Bonchev–Trinajstić information content (AvgIpc) is 2.88. The highest BCUT2D eigenvalue weighted by Gasteiger charge is 2.32. The molecule has 0 bridgehead atoms. The third-order valence-corrected chi connectivity index (χ3v) is 4.82. The van der Waals surface area contributed by atoms with E-state index in [9.17, 15) is 0 Å². The highest BCUT2D eigenvalue weighted by Crippen LogP contribution is 2.30. The number of pyridine rings is 1. The summed E-state index contributed by atoms with van der Waals surface area (Å²) in [6, 6.07) is 2.75. The van der Waals surface area contributed by atoms with Crippen molar-refractivity contribution in [1.29, 1.82) is 0 Å². The van der Waals surface area contributed by atoms with Gasteiger partial charge in [0.1, 0.15) is 5.52 Å². The minimum atomic E-state index is 0.711. The molecule has 20 heavy (non-hydrogen) atoms. The molecule has 106 valence electrons. The number of aryl methyl sites for hydroxylation is 1. The smallest absolute Gasteiger partial charge is 0.156 e. The van der Waals surface area contributed by atoms with E-state index in [1.54, 1.807) is 0 Å². The van der Waals surface area contributed by atoms with Gasteiger partial charge >= 0.3 is 0 Å². The van der Waals surface area contributed by atoms with Crippen molar-refractivity contribution in [3.63, 3.8) is 0 Å². The van der Waals surface area contributed by atoms with E-state index in [4.69, 9.17) is 0 Å². The SMILES string of the molecule is Cn1cnc2c(N3CCC4NCCCC4C3)nccc21. The number of fused-ring (bicyclic) bond motifs is 2. The number of imidazole rings is 1. The molecule has 4 rings (SSSR count). The molecule has 2 unspecified atom stereocenters. The summed E-state index contributed by atoms with van der Waals surface area (Å²) in [5.41, 5.74) is 2.20. The Bertz CT molecular complexity index is 620. The Balaban J connectivity index is 1.66. The van der Waals surface area contributed by atoms with Crippen molar-refractivity contribution in [2.75, 3.05) is 24.5 Å². The van der Waals surface area contributed by atoms with Crippen LogP contribution in [-0.2, 0) is 7.05 Å². The normalized spacial score (nSPS) is 26.8. The Hall–Kier alpha value is -1.62. The van der Waals surface area contributed by atoms with E-state index in [0.717, 1.165) is 30.3 Å². The van der Waals surface area contributed by atoms with Crippen LogP contribution >= 0.6 is 0 Å². The van der Waals surface area contributed by atoms with Crippen molar-refractivity contribution in [2.45, 2.75) is 25.3 Å². The summed E-state index contributed by atoms with van der Waals surface area (Å²) in [5, 5.41) is 3.67. The summed E-state index contributed by atoms with van der Waals surface area (Å²) in [4.78, 5) is 11.6. The summed E-state index contributed by atoms with van der Waals surface area (Å²) in [6.07, 6.45) is 7.65. The number of aromatic nitrogens is 3. The summed E-state index contributed by atoms with van der Waals surface area (Å²) < 4.78 is 2.06. The average molecular weight is 271 g/mol. The minimum absolute atomic E-state index is 0.711. The number of nitrogens with one attached hydrogen (secondary N) is 1. The molecule has 2 aromatic rings. The third kappa shape index (κ3) is 1.88. The predicted octanol–water partition coefficient (Wildman–Crippen LogP) is 1.55. The second kappa shape index (κ2) is 4.74. The summed E-state index contributed by atoms with van der Waals surface area (Å²) in [6.45, 7) is 3.38. The van der Waals surface area contributed by atoms with Gasteiger partial charge in [0.05, 0.1) is 11.8 Å². The summed E-state index contributed by atoms with van der Waals surface area (Å²) in [7, 11) is 2.04. The van der Waals surface area contributed by atoms with E-state index in [0.29, 0.717) is 6.04 Å². The maximum absolute atomic E-state index is 4.61. The monoisotopic (exact) mass is 271 g/mol. The third-order valence-electron chi connectivity index (χ3n) is 4.82. The maximum atomic E-state index is 4.61. The predicted molar refractivity (Wildman–Crippen MR) is 79.9 cm³/mol. The standard InChI is InChI=1S/C15H21N5/c1-19-10-18-14-13(19)4-7-17-15(14)20-8-5-12-11(9-20)3-2-6-16-12/h4,7,10-12,16H,2-3,5-6,8-9H2,1H3. The highest BCUT2D eigenvalue weighted by atomic mass is 15.2. The molecule has 2 fully saturated rings. The largest absolute Gasteiger partial charge is 0.354 e. The Kier molecular flexibility index (Phi) is 2.88. The van der Waals surface area contributed by atoms with Crippen LogP contribution in [0.25, 0.3) is 11.0 Å². The number of hydrogen-bond acceptors (Lipinski definition) is 4. The summed E-state index contributed by atoms with van der Waals surface area (Å²) in [5.74, 6) is 1.82. The molecule has 0 aliphatic carbocycles. The van der Waals surface area contributed by atoms with Crippen molar-refractivity contribution < 1.29 is 0 Å². The van der Waals surface area contributed by atoms with Crippen molar-refractivity contribution >= 4 is 16.9 Å². The van der Waals surface area contributed by atoms with Crippen LogP contribution in [0.15, 0.2) is 18.6 Å². The molecule has 2 saturated heterocycles. The molecule has 0 amide bonds. The maximum Gasteiger partial charge on any atom is 0.156 e. The van der Waals surface area contributed by atoms with Crippen LogP contribution in [0.4, 0.5) is 5.82 Å². The van der Waals surface area contributed by atoms with Gasteiger partial charge in [-0.05, 0) is 37.8 Å². The van der Waals surface area contributed by atoms with Gasteiger partial charge in [0.15, 0.2) is 5.82 Å². The Morgan fingerprint density at radius 2 is 2.25 bits per heavy atom. The lowest BCUT2D eigenvalue weighted by Crippen LogP contribution is -2.52. The zero-order valence-corrected chi connectivity index (χ0v) is 11.9. The molecule has 5 heteroatoms. The van der Waals surface area contributed by atoms with Crippen LogP contribution in [0, 0.1) is 5.92 Å². The number of hydrogen-bond donors (Lipinski definition) is 1. The van der Waals surface area contributed by atoms with Gasteiger partial charge in [-0.25, -0.2) is 9.97 Å². The van der Waals surface area contributed by atoms with E-state index >= 15 is 0 Å². The van der Waals surface area contributed by atoms with Gasteiger partial charge in [-0.2, -0.15) is 0 Å². The zero-order chi connectivity index (χ0) is 13.5. The van der Waals surface area contributed by atoms with Gasteiger partial charge in [0.2, 0.25) is 0 Å². The summed E-state index contributed by atoms with van der Waals surface area (Å²) >= 11 is 0. The second-order valence-corrected chi connectivity index (χ2v) is 6.06. The molecule has 0 spiro atoms. The van der Waals surface area contributed by atoms with Crippen LogP contribution < -0.4 is 10.2 Å². The van der Waals surface area contributed by atoms with Gasteiger partial charge in [-0.15, -0.1) is 0 Å². The second-order valence-electron chi connectivity index (χ2n) is 6.06. The van der Waals surface area contributed by atoms with E-state index < -0.39 is 0 Å². The molecule has 0 aromatic carbocycles. The quantitative estimate of drug-likeness (QED) is 0.855. The van der Waals surface area contributed by atoms with Crippen molar-refractivity contribution in [2.24, 2.45) is 13.0 Å². The van der Waals surface area contributed by atoms with Gasteiger partial charge < -0.3 is 14.8 Å². The first-order chi connectivity index (χ1) is 9.83. The Morgan fingerprint density at radius 3 is 3.20 bits per heavy atom. The molecular formula is C15H21N5. The first kappa shape index (κ1) is 12.1. The number of nitrogens with zero attached hydrogens (tertiary/aromatic N) is 4. The van der Waals surface area contributed by atoms with Crippen LogP contribution in [0.1, 0.15) is 19.3 Å². The molecule has 0 saturated carbocycles. The van der Waals surface area contributed by atoms with Gasteiger partial charge in [0.25, 0.3) is 0 Å². The Labute approximate surface area is 119 Å². The van der Waals surface area contributed by atoms with Crippen molar-refractivity contribution in [3.8, 4) is 0 Å².